The van der Waals surface area contributed by atoms with E-state index in [9.17, 15) is 23.1 Å². The van der Waals surface area contributed by atoms with E-state index < -0.39 is 23.6 Å². The molecule has 0 unspecified atom stereocenters. The van der Waals surface area contributed by atoms with Crippen molar-refractivity contribution >= 4 is 28.6 Å². The summed E-state index contributed by atoms with van der Waals surface area (Å²) in [6.45, 7) is 2.17. The molecule has 9 nitrogen and oxygen atoms in total. The predicted molar refractivity (Wildman–Crippen MR) is 150 cm³/mol. The number of imidazole rings is 1. The van der Waals surface area contributed by atoms with E-state index >= 15 is 0 Å². The molecule has 1 saturated heterocycles. The van der Waals surface area contributed by atoms with Crippen LogP contribution in [0.3, 0.4) is 0 Å². The average Bonchev–Trinajstić information content (AvgIpc) is 3.29. The second kappa shape index (κ2) is 11.7. The number of aromatic carboxylic acids is 1. The van der Waals surface area contributed by atoms with Crippen molar-refractivity contribution in [3.8, 4) is 11.6 Å². The van der Waals surface area contributed by atoms with Gasteiger partial charge in [0.05, 0.1) is 43.1 Å². The highest BCUT2D eigenvalue weighted by Gasteiger charge is 2.37. The van der Waals surface area contributed by atoms with E-state index in [1.54, 1.807) is 30.3 Å². The van der Waals surface area contributed by atoms with E-state index in [2.05, 4.69) is 9.88 Å². The summed E-state index contributed by atoms with van der Waals surface area (Å²) in [5.74, 6) is -0.540. The first-order chi connectivity index (χ1) is 20.6. The Morgan fingerprint density at radius 2 is 1.95 bits per heavy atom. The van der Waals surface area contributed by atoms with Crippen LogP contribution in [0.1, 0.15) is 45.0 Å². The average molecular weight is 617 g/mol. The number of halogens is 4. The van der Waals surface area contributed by atoms with Crippen molar-refractivity contribution in [2.75, 3.05) is 20.3 Å². The largest absolute Gasteiger partial charge is 0.494 e. The molecule has 2 aliphatic rings. The standard InChI is InChI=1S/C30H28ClF3N4O5/c1-41-25-12-19(29(39)40)11-24-27(25)36-26(38(24)13-21-7-9-42-21)15-37-8-6-18-10-22(30(32,33)34)28(35-23(18)14-37)43-16-17-2-4-20(31)5-3-17/h2-5,10-12,21H,6-9,13-16H2,1H3,(H,39,40)/t21-/m0/s1. The van der Waals surface area contributed by atoms with Crippen molar-refractivity contribution < 1.29 is 37.3 Å². The zero-order valence-electron chi connectivity index (χ0n) is 23.2. The monoisotopic (exact) mass is 616 g/mol. The van der Waals surface area contributed by atoms with Crippen LogP contribution in [0.15, 0.2) is 42.5 Å². The number of carbonyl (C=O) groups is 1. The van der Waals surface area contributed by atoms with Gasteiger partial charge in [0.2, 0.25) is 5.88 Å². The fourth-order valence-corrected chi connectivity index (χ4v) is 5.48. The van der Waals surface area contributed by atoms with Crippen LogP contribution >= 0.6 is 11.6 Å². The first-order valence-corrected chi connectivity index (χ1v) is 14.1. The number of hydrogen-bond donors (Lipinski definition) is 1. The minimum Gasteiger partial charge on any atom is -0.494 e. The number of ether oxygens (including phenoxy) is 3. The van der Waals surface area contributed by atoms with Gasteiger partial charge in [0, 0.05) is 24.7 Å². The Morgan fingerprint density at radius 1 is 1.19 bits per heavy atom. The number of rotatable bonds is 9. The normalized spacial score (nSPS) is 17.0. The fourth-order valence-electron chi connectivity index (χ4n) is 5.35. The van der Waals surface area contributed by atoms with Gasteiger partial charge in [0.15, 0.2) is 0 Å². The number of carboxylic acids is 1. The molecule has 1 fully saturated rings. The number of nitrogens with zero attached hydrogens (tertiary/aromatic N) is 4. The Bertz CT molecular complexity index is 1670. The van der Waals surface area contributed by atoms with Crippen molar-refractivity contribution in [3.05, 3.63) is 81.3 Å². The highest BCUT2D eigenvalue weighted by Crippen LogP contribution is 2.38. The van der Waals surface area contributed by atoms with E-state index in [0.29, 0.717) is 77.1 Å². The van der Waals surface area contributed by atoms with Crippen LogP contribution in [-0.4, -0.2) is 56.9 Å². The van der Waals surface area contributed by atoms with E-state index in [1.807, 2.05) is 4.57 Å². The lowest BCUT2D eigenvalue weighted by atomic mass is 10.0. The second-order valence-electron chi connectivity index (χ2n) is 10.6. The molecule has 0 saturated carbocycles. The first-order valence-electron chi connectivity index (χ1n) is 13.7. The van der Waals surface area contributed by atoms with Crippen LogP contribution in [0.4, 0.5) is 13.2 Å². The third-order valence-electron chi connectivity index (χ3n) is 7.73. The second-order valence-corrected chi connectivity index (χ2v) is 11.0. The lowest BCUT2D eigenvalue weighted by Crippen LogP contribution is -2.34. The SMILES string of the molecule is COc1cc(C(=O)O)cc2c1nc(CN1CCc3cc(C(F)(F)F)c(OCc4ccc(Cl)cc4)nc3C1)n2C[C@@H]1CCO1. The molecule has 226 valence electrons. The number of methoxy groups -OCH3 is 1. The minimum absolute atomic E-state index is 0.0273. The lowest BCUT2D eigenvalue weighted by molar-refractivity contribution is -0.139. The molecule has 1 N–H and O–H groups in total. The van der Waals surface area contributed by atoms with Crippen molar-refractivity contribution in [1.29, 1.82) is 0 Å². The molecule has 0 radical (unpaired) electrons. The Morgan fingerprint density at radius 3 is 2.60 bits per heavy atom. The molecule has 13 heteroatoms. The van der Waals surface area contributed by atoms with Crippen LogP contribution in [0.25, 0.3) is 11.0 Å². The number of carboxylic acid groups (broad SMARTS) is 1. The van der Waals surface area contributed by atoms with Gasteiger partial charge in [-0.05, 0) is 54.3 Å². The smallest absolute Gasteiger partial charge is 0.421 e. The van der Waals surface area contributed by atoms with Gasteiger partial charge in [0.25, 0.3) is 0 Å². The molecule has 43 heavy (non-hydrogen) atoms. The van der Waals surface area contributed by atoms with Crippen LogP contribution in [0.2, 0.25) is 5.02 Å². The quantitative estimate of drug-likeness (QED) is 0.254. The summed E-state index contributed by atoms with van der Waals surface area (Å²) >= 11 is 5.92. The predicted octanol–water partition coefficient (Wildman–Crippen LogP) is 5.74. The molecule has 0 bridgehead atoms. The molecule has 2 aromatic heterocycles. The van der Waals surface area contributed by atoms with Gasteiger partial charge in [-0.1, -0.05) is 23.7 Å². The van der Waals surface area contributed by atoms with Gasteiger partial charge in [-0.15, -0.1) is 0 Å². The Hall–Kier alpha value is -3.87. The summed E-state index contributed by atoms with van der Waals surface area (Å²) in [6, 6.07) is 10.8. The lowest BCUT2D eigenvalue weighted by Gasteiger charge is -2.30. The third-order valence-corrected chi connectivity index (χ3v) is 7.98. The Kier molecular flexibility index (Phi) is 7.92. The van der Waals surface area contributed by atoms with Gasteiger partial charge in [-0.3, -0.25) is 4.90 Å². The highest BCUT2D eigenvalue weighted by atomic mass is 35.5. The maximum absolute atomic E-state index is 14.0. The van der Waals surface area contributed by atoms with Crippen molar-refractivity contribution in [2.45, 2.75) is 51.4 Å². The van der Waals surface area contributed by atoms with Crippen molar-refractivity contribution in [1.82, 2.24) is 19.4 Å². The topological polar surface area (TPSA) is 98.9 Å². The summed E-state index contributed by atoms with van der Waals surface area (Å²) in [4.78, 5) is 23.0. The number of pyridine rings is 1. The maximum Gasteiger partial charge on any atom is 0.421 e. The molecular weight excluding hydrogens is 589 g/mol. The first kappa shape index (κ1) is 29.2. The Balaban J connectivity index is 1.30. The molecule has 6 rings (SSSR count). The Labute approximate surface area is 249 Å². The zero-order valence-corrected chi connectivity index (χ0v) is 23.9. The number of aromatic nitrogens is 3. The van der Waals surface area contributed by atoms with E-state index in [-0.39, 0.29) is 24.8 Å². The molecule has 0 amide bonds. The molecule has 0 spiro atoms. The number of hydrogen-bond acceptors (Lipinski definition) is 7. The van der Waals surface area contributed by atoms with Gasteiger partial charge in [-0.2, -0.15) is 13.2 Å². The molecule has 2 aromatic carbocycles. The summed E-state index contributed by atoms with van der Waals surface area (Å²) < 4.78 is 60.6. The van der Waals surface area contributed by atoms with Crippen LogP contribution in [0.5, 0.6) is 11.6 Å². The van der Waals surface area contributed by atoms with Gasteiger partial charge in [-0.25, -0.2) is 14.8 Å². The van der Waals surface area contributed by atoms with Gasteiger partial charge >= 0.3 is 12.1 Å². The summed E-state index contributed by atoms with van der Waals surface area (Å²) in [6.07, 6.45) is -3.42. The van der Waals surface area contributed by atoms with Gasteiger partial charge in [0.1, 0.15) is 29.3 Å². The number of benzene rings is 2. The van der Waals surface area contributed by atoms with E-state index in [4.69, 9.17) is 30.8 Å². The molecule has 1 atom stereocenters. The van der Waals surface area contributed by atoms with Crippen molar-refractivity contribution in [2.24, 2.45) is 0 Å². The van der Waals surface area contributed by atoms with Crippen molar-refractivity contribution in [3.63, 3.8) is 0 Å². The van der Waals surface area contributed by atoms with Crippen LogP contribution in [-0.2, 0) is 43.6 Å². The van der Waals surface area contributed by atoms with E-state index in [1.165, 1.54) is 13.2 Å². The highest BCUT2D eigenvalue weighted by molar-refractivity contribution is 6.30. The molecule has 4 heterocycles. The molecule has 0 aliphatic carbocycles. The molecule has 2 aliphatic heterocycles. The zero-order chi connectivity index (χ0) is 30.3. The van der Waals surface area contributed by atoms with E-state index in [0.717, 1.165) is 12.5 Å². The van der Waals surface area contributed by atoms with Gasteiger partial charge < -0.3 is 23.9 Å². The number of alkyl halides is 3. The maximum atomic E-state index is 14.0. The summed E-state index contributed by atoms with van der Waals surface area (Å²) in [5.41, 5.74) is 2.00. The molecular formula is C30H28ClF3N4O5. The fraction of sp³-hybridized carbons (Fsp3) is 0.367. The summed E-state index contributed by atoms with van der Waals surface area (Å²) in [7, 11) is 1.46. The van der Waals surface area contributed by atoms with Crippen LogP contribution in [0, 0.1) is 0 Å². The summed E-state index contributed by atoms with van der Waals surface area (Å²) in [5, 5.41) is 10.2. The minimum atomic E-state index is -4.63. The number of fused-ring (bicyclic) bond motifs is 2. The molecule has 4 aromatic rings. The van der Waals surface area contributed by atoms with Crippen LogP contribution < -0.4 is 9.47 Å². The third kappa shape index (κ3) is 6.13.